The molecule has 0 bridgehead atoms. The van der Waals surface area contributed by atoms with Crippen molar-refractivity contribution < 1.29 is 0 Å². The molecular weight excluding hydrogens is 312 g/mol. The lowest BCUT2D eigenvalue weighted by Gasteiger charge is -2.24. The second kappa shape index (κ2) is 8.35. The van der Waals surface area contributed by atoms with Gasteiger partial charge in [0, 0.05) is 0 Å². The smallest absolute Gasteiger partial charge is 0.284 e. The first-order valence-corrected chi connectivity index (χ1v) is 5.33. The van der Waals surface area contributed by atoms with Gasteiger partial charge in [-0.05, 0) is 0 Å². The number of nitriles is 6. The molecule has 12 heteroatoms. The highest BCUT2D eigenvalue weighted by atomic mass is 15.1. The lowest BCUT2D eigenvalue weighted by Crippen LogP contribution is -2.49. The zero-order valence-electron chi connectivity index (χ0n) is 11.4. The van der Waals surface area contributed by atoms with Gasteiger partial charge in [0.15, 0.2) is 0 Å². The number of nitrogens with zero attached hydrogens (tertiary/aromatic N) is 12. The molecule has 24 heavy (non-hydrogen) atoms. The van der Waals surface area contributed by atoms with Crippen LogP contribution in [0.2, 0.25) is 0 Å². The van der Waals surface area contributed by atoms with E-state index in [1.54, 1.807) is 0 Å². The predicted molar refractivity (Wildman–Crippen MR) is 75.6 cm³/mol. The maximum atomic E-state index is 9.24. The topological polar surface area (TPSA) is 237 Å². The Hall–Kier alpha value is -4.96. The van der Waals surface area contributed by atoms with Crippen LogP contribution in [0.25, 0.3) is 10.8 Å². The van der Waals surface area contributed by atoms with E-state index in [1.165, 1.54) is 48.4 Å². The van der Waals surface area contributed by atoms with Crippen LogP contribution in [-0.2, 0) is 0 Å². The van der Waals surface area contributed by atoms with Crippen LogP contribution in [0.4, 0.5) is 0 Å². The molecule has 12 nitrogen and oxygen atoms in total. The van der Waals surface area contributed by atoms with Gasteiger partial charge in [-0.1, -0.05) is 0 Å². The summed E-state index contributed by atoms with van der Waals surface area (Å²) in [5, 5.41) is 71.3. The Balaban J connectivity index is 7.04. The second-order valence-electron chi connectivity index (χ2n) is 3.39. The van der Waals surface area contributed by atoms with E-state index >= 15 is 0 Å². The third-order valence-corrected chi connectivity index (χ3v) is 2.23. The van der Waals surface area contributed by atoms with E-state index in [0.717, 1.165) is 0 Å². The Kier molecular flexibility index (Phi) is 6.63. The van der Waals surface area contributed by atoms with Crippen LogP contribution >= 0.6 is 0 Å². The predicted octanol–water partition coefficient (Wildman–Crippen LogP) is -0.111. The standard InChI is InChI=1S/C12N12/c13-1-9(21-7-19)23-11(3-15,4-16)12(5-17,6-18)24-10(2-14)22-8-20/q-2. The molecule has 0 atom stereocenters. The van der Waals surface area contributed by atoms with Crippen molar-refractivity contribution >= 4 is 23.7 Å². The molecule has 110 valence electrons. The average Bonchev–Trinajstić information content (AvgIpc) is 2.62. The van der Waals surface area contributed by atoms with E-state index in [4.69, 9.17) is 21.3 Å². The van der Waals surface area contributed by atoms with Crippen LogP contribution in [-0.4, -0.2) is 34.8 Å². The van der Waals surface area contributed by atoms with Crippen LogP contribution in [0.5, 0.6) is 0 Å². The molecule has 0 saturated carbocycles. The fraction of sp³-hybridized carbons (Fsp3) is 0.167. The fourth-order valence-electron chi connectivity index (χ4n) is 1.20. The van der Waals surface area contributed by atoms with Gasteiger partial charge in [0.2, 0.25) is 0 Å². The first-order valence-electron chi connectivity index (χ1n) is 5.33. The molecule has 0 N–H and O–H groups in total. The van der Waals surface area contributed by atoms with Gasteiger partial charge in [-0.2, -0.15) is 31.6 Å². The molecule has 0 radical (unpaired) electrons. The Labute approximate surface area is 134 Å². The zero-order valence-corrected chi connectivity index (χ0v) is 11.4. The Morgan fingerprint density at radius 1 is 0.625 bits per heavy atom. The molecular formula is C12N12-2. The maximum Gasteiger partial charge on any atom is 0.284 e. The molecule has 0 aliphatic carbocycles. The van der Waals surface area contributed by atoms with Gasteiger partial charge in [-0.3, -0.25) is 0 Å². The first-order chi connectivity index (χ1) is 11.5. The van der Waals surface area contributed by atoms with Crippen molar-refractivity contribution in [2.45, 2.75) is 11.1 Å². The number of aliphatic imine (C=N–C) groups is 4. The number of amidine groups is 2. The van der Waals surface area contributed by atoms with Gasteiger partial charge in [0.05, 0.1) is 0 Å². The summed E-state index contributed by atoms with van der Waals surface area (Å²) in [4.78, 5) is 12.4. The summed E-state index contributed by atoms with van der Waals surface area (Å²) in [5.74, 6) is -1.94. The van der Waals surface area contributed by atoms with E-state index in [2.05, 4.69) is 20.0 Å². The van der Waals surface area contributed by atoms with Crippen molar-refractivity contribution in [3.05, 3.63) is 10.8 Å². The van der Waals surface area contributed by atoms with E-state index in [-0.39, 0.29) is 0 Å². The lowest BCUT2D eigenvalue weighted by atomic mass is 9.81. The van der Waals surface area contributed by atoms with E-state index < -0.39 is 22.7 Å². The normalized spacial score (nSPS) is 10.8. The van der Waals surface area contributed by atoms with Gasteiger partial charge < -0.3 is 20.8 Å². The van der Waals surface area contributed by atoms with Gasteiger partial charge in [0.1, 0.15) is 48.1 Å². The Morgan fingerprint density at radius 2 is 0.917 bits per heavy atom. The van der Waals surface area contributed by atoms with Gasteiger partial charge >= 0.3 is 0 Å². The number of rotatable bonds is 3. The average molecular weight is 312 g/mol. The minimum absolute atomic E-state index is 0.971. The van der Waals surface area contributed by atoms with E-state index in [1.807, 2.05) is 0 Å². The molecule has 0 aromatic rings. The zero-order chi connectivity index (χ0) is 18.6. The van der Waals surface area contributed by atoms with Gasteiger partial charge in [-0.15, -0.1) is 12.0 Å². The summed E-state index contributed by atoms with van der Waals surface area (Å²) < 4.78 is 0. The fourth-order valence-corrected chi connectivity index (χ4v) is 1.20. The highest BCUT2D eigenvalue weighted by molar-refractivity contribution is 6.02. The van der Waals surface area contributed by atoms with Crippen molar-refractivity contribution in [2.24, 2.45) is 20.0 Å². The van der Waals surface area contributed by atoms with Crippen LogP contribution in [0, 0.1) is 68.0 Å². The monoisotopic (exact) mass is 312 g/mol. The summed E-state index contributed by atoms with van der Waals surface area (Å²) in [6.45, 7) is 0. The SMILES string of the molecule is N#CC(N=C=[N-])=NC(C#N)(C#N)C(C#N)(C#N)N=C(C#N)N=C=[N-]. The molecule has 0 aromatic heterocycles. The lowest BCUT2D eigenvalue weighted by molar-refractivity contribution is 0.521. The number of hydrogen-bond acceptors (Lipinski definition) is 8. The highest BCUT2D eigenvalue weighted by Crippen LogP contribution is 2.30. The van der Waals surface area contributed by atoms with Crippen molar-refractivity contribution in [2.75, 3.05) is 0 Å². The molecule has 0 rings (SSSR count). The molecule has 0 saturated heterocycles. The van der Waals surface area contributed by atoms with Crippen molar-refractivity contribution in [1.29, 1.82) is 31.6 Å². The quantitative estimate of drug-likeness (QED) is 0.507. The van der Waals surface area contributed by atoms with Crippen LogP contribution < -0.4 is 0 Å². The van der Waals surface area contributed by atoms with Crippen LogP contribution in [0.1, 0.15) is 0 Å². The molecule has 0 amide bonds. The van der Waals surface area contributed by atoms with Crippen molar-refractivity contribution in [3.8, 4) is 36.4 Å². The largest absolute Gasteiger partial charge is 0.422 e. The molecule has 0 spiro atoms. The second-order valence-corrected chi connectivity index (χ2v) is 3.39. The molecule has 0 fully saturated rings. The third-order valence-electron chi connectivity index (χ3n) is 2.23. The molecule has 0 unspecified atom stereocenters. The highest BCUT2D eigenvalue weighted by Gasteiger charge is 2.56. The molecule has 0 aliphatic heterocycles. The maximum absolute atomic E-state index is 9.24. The number of hydrogen-bond donors (Lipinski definition) is 0. The summed E-state index contributed by atoms with van der Waals surface area (Å²) in [5.41, 5.74) is -5.90. The third kappa shape index (κ3) is 3.38. The van der Waals surface area contributed by atoms with Crippen LogP contribution in [0.15, 0.2) is 20.0 Å². The van der Waals surface area contributed by atoms with Crippen molar-refractivity contribution in [1.82, 2.24) is 0 Å². The van der Waals surface area contributed by atoms with Gasteiger partial charge in [-0.25, -0.2) is 9.98 Å². The molecule has 0 aliphatic rings. The Bertz CT molecular complexity index is 834. The Morgan fingerprint density at radius 3 is 1.08 bits per heavy atom. The summed E-state index contributed by atoms with van der Waals surface area (Å²) in [6.07, 6.45) is 0. The summed E-state index contributed by atoms with van der Waals surface area (Å²) >= 11 is 0. The minimum atomic E-state index is -2.95. The summed E-state index contributed by atoms with van der Waals surface area (Å²) in [7, 11) is 0. The van der Waals surface area contributed by atoms with Crippen molar-refractivity contribution in [3.63, 3.8) is 0 Å². The minimum Gasteiger partial charge on any atom is -0.422 e. The van der Waals surface area contributed by atoms with E-state index in [9.17, 15) is 21.0 Å². The van der Waals surface area contributed by atoms with E-state index in [0.29, 0.717) is 0 Å². The van der Waals surface area contributed by atoms with Crippen LogP contribution in [0.3, 0.4) is 0 Å². The molecule has 0 aromatic carbocycles. The molecule has 0 heterocycles. The summed E-state index contributed by atoms with van der Waals surface area (Å²) in [6, 6.07) is 9.94. The first kappa shape index (κ1) is 19.0. The van der Waals surface area contributed by atoms with Gasteiger partial charge in [0.25, 0.3) is 11.1 Å².